The Bertz CT molecular complexity index is 1400. The molecule has 4 aromatic rings. The zero-order valence-electron chi connectivity index (χ0n) is 21.1. The number of amides is 1. The quantitative estimate of drug-likeness (QED) is 0.297. The molecule has 8 heteroatoms. The summed E-state index contributed by atoms with van der Waals surface area (Å²) >= 11 is 1.49. The van der Waals surface area contributed by atoms with E-state index in [4.69, 9.17) is 14.2 Å². The van der Waals surface area contributed by atoms with E-state index < -0.39 is 0 Å². The normalized spacial score (nSPS) is 12.1. The first kappa shape index (κ1) is 24.8. The van der Waals surface area contributed by atoms with Crippen molar-refractivity contribution in [2.45, 2.75) is 33.5 Å². The average molecular weight is 516 g/mol. The van der Waals surface area contributed by atoms with Crippen molar-refractivity contribution in [3.8, 4) is 17.2 Å². The highest BCUT2D eigenvalue weighted by Crippen LogP contribution is 2.33. The maximum Gasteiger partial charge on any atom is 0.275 e. The lowest BCUT2D eigenvalue weighted by Gasteiger charge is -2.22. The van der Waals surface area contributed by atoms with Crippen LogP contribution >= 0.6 is 11.3 Å². The molecule has 0 bridgehead atoms. The number of hydrogen-bond acceptors (Lipinski definition) is 7. The van der Waals surface area contributed by atoms with Gasteiger partial charge in [-0.3, -0.25) is 9.69 Å². The van der Waals surface area contributed by atoms with Crippen LogP contribution in [0.1, 0.15) is 37.7 Å². The third-order valence-electron chi connectivity index (χ3n) is 6.32. The molecule has 0 atom stereocenters. The molecule has 0 aliphatic carbocycles. The topological polar surface area (TPSA) is 72.9 Å². The molecule has 2 heterocycles. The van der Waals surface area contributed by atoms with E-state index in [-0.39, 0.29) is 12.7 Å². The van der Waals surface area contributed by atoms with Gasteiger partial charge < -0.3 is 19.5 Å². The van der Waals surface area contributed by atoms with Crippen LogP contribution in [0.4, 0.5) is 5.69 Å². The third kappa shape index (κ3) is 6.10. The summed E-state index contributed by atoms with van der Waals surface area (Å²) in [7, 11) is 1.66. The first-order valence-electron chi connectivity index (χ1n) is 12.0. The van der Waals surface area contributed by atoms with E-state index >= 15 is 0 Å². The fourth-order valence-electron chi connectivity index (χ4n) is 4.15. The van der Waals surface area contributed by atoms with Gasteiger partial charge in [0.25, 0.3) is 5.91 Å². The van der Waals surface area contributed by atoms with Gasteiger partial charge in [-0.15, -0.1) is 11.3 Å². The molecular formula is C29H29N3O4S. The SMILES string of the molecule is COc1ccc(CN(Cc2ccc3c(c2)OCO3)Cc2nc(C(=O)Nc3ccc(C)c(C)c3)cs2)cc1. The molecule has 7 nitrogen and oxygen atoms in total. The van der Waals surface area contributed by atoms with Gasteiger partial charge in [0.05, 0.1) is 13.7 Å². The van der Waals surface area contributed by atoms with Gasteiger partial charge in [-0.2, -0.15) is 0 Å². The fourth-order valence-corrected chi connectivity index (χ4v) is 4.96. The summed E-state index contributed by atoms with van der Waals surface area (Å²) in [6, 6.07) is 20.0. The van der Waals surface area contributed by atoms with E-state index in [0.29, 0.717) is 25.3 Å². The van der Waals surface area contributed by atoms with Crippen LogP contribution in [-0.2, 0) is 19.6 Å². The fraction of sp³-hybridized carbons (Fsp3) is 0.241. The smallest absolute Gasteiger partial charge is 0.275 e. The number of carbonyl (C=O) groups is 1. The molecule has 0 spiro atoms. The first-order chi connectivity index (χ1) is 18.0. The summed E-state index contributed by atoms with van der Waals surface area (Å²) in [6.07, 6.45) is 0. The molecule has 1 aromatic heterocycles. The molecule has 0 radical (unpaired) electrons. The van der Waals surface area contributed by atoms with Crippen molar-refractivity contribution in [3.05, 3.63) is 99.0 Å². The highest BCUT2D eigenvalue weighted by molar-refractivity contribution is 7.09. The van der Waals surface area contributed by atoms with Gasteiger partial charge >= 0.3 is 0 Å². The highest BCUT2D eigenvalue weighted by atomic mass is 32.1. The second-order valence-corrected chi connectivity index (χ2v) is 10.0. The van der Waals surface area contributed by atoms with Crippen LogP contribution in [0.25, 0.3) is 0 Å². The highest BCUT2D eigenvalue weighted by Gasteiger charge is 2.18. The van der Waals surface area contributed by atoms with Gasteiger partial charge in [-0.25, -0.2) is 4.98 Å². The van der Waals surface area contributed by atoms with E-state index in [1.54, 1.807) is 7.11 Å². The minimum absolute atomic E-state index is 0.205. The minimum atomic E-state index is -0.205. The van der Waals surface area contributed by atoms with Gasteiger partial charge in [0.2, 0.25) is 6.79 Å². The lowest BCUT2D eigenvalue weighted by atomic mass is 10.1. The van der Waals surface area contributed by atoms with Crippen molar-refractivity contribution >= 4 is 22.9 Å². The molecule has 1 amide bonds. The number of aryl methyl sites for hydroxylation is 2. The summed E-state index contributed by atoms with van der Waals surface area (Å²) in [6.45, 7) is 6.33. The van der Waals surface area contributed by atoms with E-state index in [1.807, 2.05) is 54.8 Å². The maximum atomic E-state index is 12.8. The number of nitrogens with one attached hydrogen (secondary N) is 1. The number of rotatable bonds is 9. The third-order valence-corrected chi connectivity index (χ3v) is 7.15. The monoisotopic (exact) mass is 515 g/mol. The van der Waals surface area contributed by atoms with Crippen LogP contribution in [0, 0.1) is 13.8 Å². The van der Waals surface area contributed by atoms with Crippen molar-refractivity contribution in [1.82, 2.24) is 9.88 Å². The number of anilines is 1. The molecule has 1 aliphatic rings. The number of fused-ring (bicyclic) bond motifs is 1. The number of nitrogens with zero attached hydrogens (tertiary/aromatic N) is 2. The molecule has 190 valence electrons. The molecule has 1 aliphatic heterocycles. The van der Waals surface area contributed by atoms with E-state index in [1.165, 1.54) is 16.9 Å². The number of benzene rings is 3. The summed E-state index contributed by atoms with van der Waals surface area (Å²) in [5.41, 5.74) is 5.79. The molecule has 3 aromatic carbocycles. The molecule has 1 N–H and O–H groups in total. The lowest BCUT2D eigenvalue weighted by molar-refractivity contribution is 0.102. The Labute approximate surface area is 220 Å². The molecule has 37 heavy (non-hydrogen) atoms. The summed E-state index contributed by atoms with van der Waals surface area (Å²) < 4.78 is 16.3. The Hall–Kier alpha value is -3.88. The van der Waals surface area contributed by atoms with E-state index in [9.17, 15) is 4.79 Å². The van der Waals surface area contributed by atoms with Crippen molar-refractivity contribution in [1.29, 1.82) is 0 Å². The van der Waals surface area contributed by atoms with Crippen molar-refractivity contribution in [3.63, 3.8) is 0 Å². The van der Waals surface area contributed by atoms with E-state index in [2.05, 4.69) is 40.3 Å². The summed E-state index contributed by atoms with van der Waals surface area (Å²) in [4.78, 5) is 19.8. The molecule has 0 unspecified atom stereocenters. The zero-order valence-corrected chi connectivity index (χ0v) is 21.9. The number of methoxy groups -OCH3 is 1. The molecule has 5 rings (SSSR count). The van der Waals surface area contributed by atoms with Crippen molar-refractivity contribution in [2.24, 2.45) is 0 Å². The second kappa shape index (κ2) is 11.0. The number of ether oxygens (including phenoxy) is 3. The number of hydrogen-bond donors (Lipinski definition) is 1. The Kier molecular flexibility index (Phi) is 7.39. The maximum absolute atomic E-state index is 12.8. The molecule has 0 saturated heterocycles. The van der Waals surface area contributed by atoms with Crippen LogP contribution in [0.2, 0.25) is 0 Å². The predicted octanol–water partition coefficient (Wildman–Crippen LogP) is 5.95. The molecular weight excluding hydrogens is 486 g/mol. The second-order valence-electron chi connectivity index (χ2n) is 9.06. The van der Waals surface area contributed by atoms with Crippen molar-refractivity contribution < 1.29 is 19.0 Å². The minimum Gasteiger partial charge on any atom is -0.497 e. The van der Waals surface area contributed by atoms with Crippen LogP contribution in [-0.4, -0.2) is 29.7 Å². The van der Waals surface area contributed by atoms with Crippen LogP contribution < -0.4 is 19.5 Å². The average Bonchev–Trinajstić information content (AvgIpc) is 3.56. The predicted molar refractivity (Wildman–Crippen MR) is 144 cm³/mol. The van der Waals surface area contributed by atoms with Crippen LogP contribution in [0.3, 0.4) is 0 Å². The Morgan fingerprint density at radius 2 is 1.70 bits per heavy atom. The van der Waals surface area contributed by atoms with Crippen LogP contribution in [0.5, 0.6) is 17.2 Å². The van der Waals surface area contributed by atoms with E-state index in [0.717, 1.165) is 44.6 Å². The van der Waals surface area contributed by atoms with Gasteiger partial charge in [0.15, 0.2) is 11.5 Å². The molecule has 0 fully saturated rings. The van der Waals surface area contributed by atoms with Gasteiger partial charge in [0.1, 0.15) is 16.5 Å². The number of aromatic nitrogens is 1. The molecule has 0 saturated carbocycles. The zero-order chi connectivity index (χ0) is 25.8. The van der Waals surface area contributed by atoms with Gasteiger partial charge in [-0.05, 0) is 72.5 Å². The largest absolute Gasteiger partial charge is 0.497 e. The van der Waals surface area contributed by atoms with Gasteiger partial charge in [-0.1, -0.05) is 24.3 Å². The number of carbonyl (C=O) groups excluding carboxylic acids is 1. The Morgan fingerprint density at radius 3 is 2.49 bits per heavy atom. The van der Waals surface area contributed by atoms with Crippen LogP contribution in [0.15, 0.2) is 66.0 Å². The van der Waals surface area contributed by atoms with Crippen molar-refractivity contribution in [2.75, 3.05) is 19.2 Å². The number of thiazole rings is 1. The summed E-state index contributed by atoms with van der Waals surface area (Å²) in [5, 5.41) is 5.65. The Balaban J connectivity index is 1.31. The van der Waals surface area contributed by atoms with Gasteiger partial charge in [0, 0.05) is 24.2 Å². The lowest BCUT2D eigenvalue weighted by Crippen LogP contribution is -2.22. The standard InChI is InChI=1S/C29H29N3O4S/c1-19-4-8-23(12-20(19)2)30-29(33)25-17-37-28(31-25)16-32(14-21-5-9-24(34-3)10-6-21)15-22-7-11-26-27(13-22)36-18-35-26/h4-13,17H,14-16,18H2,1-3H3,(H,30,33). The summed E-state index contributed by atoms with van der Waals surface area (Å²) in [5.74, 6) is 2.15. The Morgan fingerprint density at radius 1 is 0.946 bits per heavy atom. The first-order valence-corrected chi connectivity index (χ1v) is 12.9.